The van der Waals surface area contributed by atoms with E-state index in [1.165, 1.54) is 66.4 Å². The minimum absolute atomic E-state index is 0.0331. The molecule has 564 valence electrons. The summed E-state index contributed by atoms with van der Waals surface area (Å²) in [6.45, 7) is 45.6. The molecule has 0 radical (unpaired) electrons. The largest absolute Gasteiger partial charge is 0.264 e. The van der Waals surface area contributed by atoms with Crippen LogP contribution >= 0.6 is 34.3 Å². The van der Waals surface area contributed by atoms with E-state index < -0.39 is 11.6 Å². The Hall–Kier alpha value is -8.28. The van der Waals surface area contributed by atoms with Crippen molar-refractivity contribution in [2.45, 2.75) is 224 Å². The smallest absolute Gasteiger partial charge is 0.162 e. The summed E-state index contributed by atoms with van der Waals surface area (Å²) in [6, 6.07) is 53.2. The Morgan fingerprint density at radius 3 is 1.37 bits per heavy atom. The summed E-state index contributed by atoms with van der Waals surface area (Å²) in [5.41, 5.74) is 10.4. The molecular weight excluding hydrogens is 1380 g/mol. The van der Waals surface area contributed by atoms with Crippen LogP contribution in [0, 0.1) is 46.2 Å². The van der Waals surface area contributed by atoms with Crippen LogP contribution in [-0.2, 0) is 12.8 Å². The van der Waals surface area contributed by atoms with E-state index in [1.807, 2.05) is 133 Å². The predicted octanol–water partition coefficient (Wildman–Crippen LogP) is 29.4. The van der Waals surface area contributed by atoms with Crippen LogP contribution in [0.3, 0.4) is 0 Å². The highest BCUT2D eigenvalue weighted by molar-refractivity contribution is 7.19. The number of nitrogens with zero attached hydrogens (tertiary/aromatic N) is 5. The molecule has 0 spiro atoms. The van der Waals surface area contributed by atoms with Gasteiger partial charge >= 0.3 is 0 Å². The number of rotatable bonds is 12. The second kappa shape index (κ2) is 50.3. The van der Waals surface area contributed by atoms with E-state index in [0.29, 0.717) is 68.6 Å². The summed E-state index contributed by atoms with van der Waals surface area (Å²) in [5.74, 6) is 1.21. The number of aromatic nitrogens is 4. The van der Waals surface area contributed by atoms with E-state index in [1.54, 1.807) is 36.7 Å². The van der Waals surface area contributed by atoms with Crippen molar-refractivity contribution in [1.82, 2.24) is 19.9 Å². The molecule has 0 N–H and O–H groups in total. The highest BCUT2D eigenvalue weighted by atomic mass is 35.5. The molecule has 0 aliphatic rings. The lowest BCUT2D eigenvalue weighted by Gasteiger charge is -2.09. The van der Waals surface area contributed by atoms with Gasteiger partial charge in [0.1, 0.15) is 28.4 Å². The topological polar surface area (TPSA) is 75.3 Å². The van der Waals surface area contributed by atoms with Crippen LogP contribution in [0.2, 0.25) is 5.15 Å². The molecule has 5 nitrogen and oxygen atoms in total. The third-order valence-electron chi connectivity index (χ3n) is 16.1. The Morgan fingerprint density at radius 1 is 0.400 bits per heavy atom. The lowest BCUT2D eigenvalue weighted by Crippen LogP contribution is -1.96. The summed E-state index contributed by atoms with van der Waals surface area (Å²) >= 11 is 9.54. The number of hydrogen-bond donors (Lipinski definition) is 0. The zero-order chi connectivity index (χ0) is 78.9. The molecule has 0 aliphatic carbocycles. The fourth-order valence-electron chi connectivity index (χ4n) is 10.1. The van der Waals surface area contributed by atoms with Crippen LogP contribution in [0.4, 0.5) is 26.3 Å². The second-order valence-electron chi connectivity index (χ2n) is 27.9. The van der Waals surface area contributed by atoms with Crippen molar-refractivity contribution in [3.8, 4) is 6.07 Å². The van der Waals surface area contributed by atoms with Gasteiger partial charge in [0, 0.05) is 56.7 Å². The van der Waals surface area contributed by atoms with Gasteiger partial charge in [0.2, 0.25) is 0 Å². The Balaban J connectivity index is 0.000000397. The zero-order valence-electron chi connectivity index (χ0n) is 66.0. The Kier molecular flexibility index (Phi) is 44.4. The maximum atomic E-state index is 13.1. The van der Waals surface area contributed by atoms with Gasteiger partial charge in [0.15, 0.2) is 11.6 Å². The number of pyridine rings is 4. The van der Waals surface area contributed by atoms with E-state index in [-0.39, 0.29) is 46.9 Å². The fraction of sp³-hybridized carbons (Fsp3) is 0.374. The Morgan fingerprint density at radius 2 is 0.933 bits per heavy atom. The molecule has 0 unspecified atom stereocenters. The number of halogens is 7. The van der Waals surface area contributed by atoms with Crippen LogP contribution in [0.15, 0.2) is 206 Å². The summed E-state index contributed by atoms with van der Waals surface area (Å²) in [4.78, 5) is 19.1. The first-order valence-electron chi connectivity index (χ1n) is 36.4. The van der Waals surface area contributed by atoms with Crippen LogP contribution in [0.25, 0.3) is 10.1 Å². The molecule has 0 aliphatic heterocycles. The molecule has 105 heavy (non-hydrogen) atoms. The van der Waals surface area contributed by atoms with E-state index in [0.717, 1.165) is 42.3 Å². The lowest BCUT2D eigenvalue weighted by molar-refractivity contribution is 0.494. The average Bonchev–Trinajstić information content (AvgIpc) is 1.74. The van der Waals surface area contributed by atoms with Crippen LogP contribution < -0.4 is 0 Å². The number of nitriles is 1. The van der Waals surface area contributed by atoms with Crippen molar-refractivity contribution in [3.05, 3.63) is 317 Å². The van der Waals surface area contributed by atoms with E-state index in [4.69, 9.17) is 16.9 Å². The number of hydrogen-bond acceptors (Lipinski definition) is 7. The van der Waals surface area contributed by atoms with E-state index in [2.05, 4.69) is 195 Å². The molecule has 6 heterocycles. The average molecular weight is 1490 g/mol. The molecule has 11 rings (SSSR count). The van der Waals surface area contributed by atoms with Gasteiger partial charge in [-0.1, -0.05) is 243 Å². The highest BCUT2D eigenvalue weighted by Gasteiger charge is 2.13. The summed E-state index contributed by atoms with van der Waals surface area (Å²) in [5, 5.41) is 12.8. The summed E-state index contributed by atoms with van der Waals surface area (Å²) < 4.78 is 78.2. The SMILES string of the molecule is CC(C)c1c(F)cccc1C#N.CC(C)c1cc(F)ccc1F.CC(C)c1cc2ccccc2s1.CC(C)c1cccc(F)c1F.CC(C)c1ccccn1.CC(C)c1cccnc1Cl.CC(C)c1cccs1.CC(C)c1ncccc1F.CCc1ccccc1C(C)C.CCc1ccncc1C(C)C. The van der Waals surface area contributed by atoms with Gasteiger partial charge in [-0.15, -0.1) is 22.7 Å². The molecule has 5 aromatic carbocycles. The first kappa shape index (κ1) is 92.8. The van der Waals surface area contributed by atoms with Gasteiger partial charge in [-0.25, -0.2) is 31.3 Å². The number of benzene rings is 5. The van der Waals surface area contributed by atoms with Crippen molar-refractivity contribution < 1.29 is 26.3 Å². The summed E-state index contributed by atoms with van der Waals surface area (Å²) in [7, 11) is 0. The van der Waals surface area contributed by atoms with E-state index >= 15 is 0 Å². The second-order valence-corrected chi connectivity index (χ2v) is 30.3. The van der Waals surface area contributed by atoms with Crippen molar-refractivity contribution >= 4 is 44.4 Å². The molecule has 0 saturated heterocycles. The molecule has 0 bridgehead atoms. The highest BCUT2D eigenvalue weighted by Crippen LogP contribution is 2.31. The van der Waals surface area contributed by atoms with Crippen molar-refractivity contribution in [2.24, 2.45) is 0 Å². The normalized spacial score (nSPS) is 10.5. The fourth-order valence-corrected chi connectivity index (χ4v) is 12.3. The van der Waals surface area contributed by atoms with Gasteiger partial charge in [-0.3, -0.25) is 15.0 Å². The number of aryl methyl sites for hydroxylation is 2. The van der Waals surface area contributed by atoms with Crippen molar-refractivity contribution in [2.75, 3.05) is 0 Å². The molecule has 0 atom stereocenters. The van der Waals surface area contributed by atoms with Gasteiger partial charge < -0.3 is 0 Å². The molecule has 0 fully saturated rings. The minimum Gasteiger partial charge on any atom is -0.264 e. The number of thiophene rings is 2. The van der Waals surface area contributed by atoms with Crippen LogP contribution in [0.1, 0.15) is 283 Å². The standard InChI is InChI=1S/C11H12S.C11H16.C10H10FN.C10H15N.2C9H10F2.C8H10ClN.C8H10FN.C8H11N.C7H10S/c1-8(2)11-7-9-5-3-4-6-10(9)12-11;1-4-10-7-5-6-8-11(10)9(2)3;1-7(2)10-8(6-12)4-3-5-9(10)11;1-4-9-5-6-11-7-10(9)8(2)3;1-6(2)8-5-7(10)3-4-9(8)11;1-6(2)7-4-3-5-8(10)9(7)11;1-6(2)7-4-3-5-10-8(7)9;1-6(2)8-7(9)4-3-5-10-8;1-7(2)8-5-3-4-6-9-8;1-6(2)7-4-3-5-8-7/h3-8H,1-2H3;5-9H,4H2,1-3H3;3-5,7H,1-2H3;5-8H,4H2,1-3H3;2*3-6H,1-2H3;2*3-6H,1-2H3;3-7H,1-2H3;3-6H,1-2H3. The zero-order valence-corrected chi connectivity index (χ0v) is 68.4. The molecule has 0 amide bonds. The van der Waals surface area contributed by atoms with Crippen LogP contribution in [-0.4, -0.2) is 19.9 Å². The lowest BCUT2D eigenvalue weighted by atomic mass is 9.96. The first-order valence-corrected chi connectivity index (χ1v) is 38.5. The van der Waals surface area contributed by atoms with Crippen molar-refractivity contribution in [3.63, 3.8) is 0 Å². The predicted molar refractivity (Wildman–Crippen MR) is 438 cm³/mol. The third-order valence-corrected chi connectivity index (χ3v) is 19.0. The van der Waals surface area contributed by atoms with Gasteiger partial charge in [0.25, 0.3) is 0 Å². The molecule has 14 heteroatoms. The van der Waals surface area contributed by atoms with Crippen LogP contribution in [0.5, 0.6) is 0 Å². The van der Waals surface area contributed by atoms with Gasteiger partial charge in [0.05, 0.1) is 17.3 Å². The molecule has 6 aromatic heterocycles. The molecule has 11 aromatic rings. The summed E-state index contributed by atoms with van der Waals surface area (Å²) in [6.07, 6.45) is 11.2. The van der Waals surface area contributed by atoms with Gasteiger partial charge in [-0.05, 0) is 213 Å². The van der Waals surface area contributed by atoms with E-state index in [9.17, 15) is 26.3 Å². The Labute approximate surface area is 639 Å². The monoisotopic (exact) mass is 1490 g/mol. The minimum atomic E-state index is -0.767. The third kappa shape index (κ3) is 34.2. The quantitative estimate of drug-likeness (QED) is 0.0900. The van der Waals surface area contributed by atoms with Crippen molar-refractivity contribution in [1.29, 1.82) is 5.26 Å². The number of fused-ring (bicyclic) bond motifs is 1. The first-order chi connectivity index (χ1) is 49.7. The maximum Gasteiger partial charge on any atom is 0.162 e. The molecule has 0 saturated carbocycles. The maximum absolute atomic E-state index is 13.1. The van der Waals surface area contributed by atoms with Gasteiger partial charge in [-0.2, -0.15) is 5.26 Å². The Bertz CT molecular complexity index is 4070. The molecular formula is C91H114ClF6N5S2.